The lowest BCUT2D eigenvalue weighted by atomic mass is 9.83. The standard InChI is InChI=1S/C24H26N4O5/c1-33-18-7-5-17(6-8-18)28-23(31)19(25-24(28)32)9-10-21(29)26-12-15-11-16(14-26)20-3-2-4-22(30)27(20)13-15/h2-8,15-16,19H,9-14H2,1H3,(H,25,32)/t15-,16+,19-/m0/s1. The maximum absolute atomic E-state index is 13.0. The van der Waals surface area contributed by atoms with Crippen molar-refractivity contribution in [2.45, 2.75) is 37.8 Å². The second kappa shape index (κ2) is 8.38. The number of piperidine rings is 1. The van der Waals surface area contributed by atoms with Crippen LogP contribution < -0.4 is 20.5 Å². The highest BCUT2D eigenvalue weighted by molar-refractivity contribution is 6.21. The summed E-state index contributed by atoms with van der Waals surface area (Å²) in [6.45, 7) is 1.81. The highest BCUT2D eigenvalue weighted by Gasteiger charge is 2.40. The average Bonchev–Trinajstić information content (AvgIpc) is 3.11. The zero-order chi connectivity index (χ0) is 23.1. The molecule has 172 valence electrons. The van der Waals surface area contributed by atoms with E-state index in [4.69, 9.17) is 4.74 Å². The molecule has 2 bridgehead atoms. The van der Waals surface area contributed by atoms with E-state index < -0.39 is 12.1 Å². The minimum absolute atomic E-state index is 0.0129. The Kier molecular flexibility index (Phi) is 5.39. The van der Waals surface area contributed by atoms with Gasteiger partial charge < -0.3 is 19.5 Å². The van der Waals surface area contributed by atoms with Crippen LogP contribution in [0.3, 0.4) is 0 Å². The van der Waals surface area contributed by atoms with Crippen LogP contribution >= 0.6 is 0 Å². The number of benzene rings is 1. The number of nitrogens with one attached hydrogen (secondary N) is 1. The molecule has 0 aliphatic carbocycles. The van der Waals surface area contributed by atoms with Gasteiger partial charge in [-0.1, -0.05) is 6.07 Å². The quantitative estimate of drug-likeness (QED) is 0.699. The second-order valence-electron chi connectivity index (χ2n) is 8.91. The van der Waals surface area contributed by atoms with Gasteiger partial charge in [0, 0.05) is 43.7 Å². The Morgan fingerprint density at radius 3 is 2.61 bits per heavy atom. The minimum atomic E-state index is -0.729. The van der Waals surface area contributed by atoms with E-state index in [1.807, 2.05) is 15.5 Å². The van der Waals surface area contributed by atoms with Gasteiger partial charge in [-0.15, -0.1) is 0 Å². The number of pyridine rings is 1. The van der Waals surface area contributed by atoms with Gasteiger partial charge in [-0.3, -0.25) is 14.4 Å². The summed E-state index contributed by atoms with van der Waals surface area (Å²) >= 11 is 0. The van der Waals surface area contributed by atoms with Gasteiger partial charge in [-0.05, 0) is 49.1 Å². The van der Waals surface area contributed by atoms with E-state index in [-0.39, 0.29) is 42.1 Å². The molecule has 1 N–H and O–H groups in total. The number of hydrogen-bond donors (Lipinski definition) is 1. The molecule has 9 nitrogen and oxygen atoms in total. The van der Waals surface area contributed by atoms with Crippen LogP contribution in [0, 0.1) is 5.92 Å². The van der Waals surface area contributed by atoms with E-state index in [1.54, 1.807) is 43.5 Å². The van der Waals surface area contributed by atoms with Crippen LogP contribution in [-0.2, 0) is 16.1 Å². The Morgan fingerprint density at radius 1 is 1.06 bits per heavy atom. The van der Waals surface area contributed by atoms with Crippen molar-refractivity contribution in [1.82, 2.24) is 14.8 Å². The van der Waals surface area contributed by atoms with E-state index in [9.17, 15) is 19.2 Å². The molecule has 5 rings (SSSR count). The number of carbonyl (C=O) groups excluding carboxylic acids is 3. The van der Waals surface area contributed by atoms with Crippen LogP contribution in [0.15, 0.2) is 47.3 Å². The lowest BCUT2D eigenvalue weighted by Gasteiger charge is -2.42. The van der Waals surface area contributed by atoms with E-state index in [2.05, 4.69) is 5.32 Å². The van der Waals surface area contributed by atoms with Crippen molar-refractivity contribution in [3.8, 4) is 5.75 Å². The van der Waals surface area contributed by atoms with Gasteiger partial charge >= 0.3 is 6.03 Å². The second-order valence-corrected chi connectivity index (χ2v) is 8.91. The summed E-state index contributed by atoms with van der Waals surface area (Å²) in [6, 6.07) is 10.8. The largest absolute Gasteiger partial charge is 0.497 e. The van der Waals surface area contributed by atoms with Gasteiger partial charge in [0.25, 0.3) is 11.5 Å². The molecule has 2 saturated heterocycles. The zero-order valence-electron chi connectivity index (χ0n) is 18.4. The average molecular weight is 450 g/mol. The first kappa shape index (κ1) is 21.2. The predicted octanol–water partition coefficient (Wildman–Crippen LogP) is 1.71. The third-order valence-corrected chi connectivity index (χ3v) is 6.83. The molecule has 0 radical (unpaired) electrons. The molecule has 0 saturated carbocycles. The number of methoxy groups -OCH3 is 1. The van der Waals surface area contributed by atoms with Crippen LogP contribution in [-0.4, -0.2) is 53.6 Å². The maximum Gasteiger partial charge on any atom is 0.329 e. The highest BCUT2D eigenvalue weighted by atomic mass is 16.5. The Labute approximate surface area is 190 Å². The molecule has 1 aromatic carbocycles. The van der Waals surface area contributed by atoms with Crippen molar-refractivity contribution < 1.29 is 19.1 Å². The fourth-order valence-electron chi connectivity index (χ4n) is 5.23. The lowest BCUT2D eigenvalue weighted by Crippen LogP contribution is -2.49. The SMILES string of the molecule is COc1ccc(N2C(=O)N[C@@H](CCC(=O)N3C[C@@H]4C[C@H](C3)c3cccc(=O)n3C4)C2=O)cc1. The van der Waals surface area contributed by atoms with E-state index >= 15 is 0 Å². The number of nitrogens with zero attached hydrogens (tertiary/aromatic N) is 3. The third-order valence-electron chi connectivity index (χ3n) is 6.83. The predicted molar refractivity (Wildman–Crippen MR) is 120 cm³/mol. The summed E-state index contributed by atoms with van der Waals surface area (Å²) in [7, 11) is 1.55. The van der Waals surface area contributed by atoms with Crippen LogP contribution in [0.1, 0.15) is 30.9 Å². The monoisotopic (exact) mass is 450 g/mol. The van der Waals surface area contributed by atoms with E-state index in [0.29, 0.717) is 31.1 Å². The van der Waals surface area contributed by atoms with Gasteiger partial charge in [0.05, 0.1) is 12.8 Å². The van der Waals surface area contributed by atoms with Gasteiger partial charge in [0.2, 0.25) is 5.91 Å². The third kappa shape index (κ3) is 3.88. The number of hydrogen-bond acceptors (Lipinski definition) is 5. The smallest absolute Gasteiger partial charge is 0.329 e. The molecule has 1 aromatic heterocycles. The Morgan fingerprint density at radius 2 is 1.85 bits per heavy atom. The molecular formula is C24H26N4O5. The summed E-state index contributed by atoms with van der Waals surface area (Å²) in [6.07, 6.45) is 1.40. The molecule has 0 spiro atoms. The van der Waals surface area contributed by atoms with Crippen LogP contribution in [0.25, 0.3) is 0 Å². The summed E-state index contributed by atoms with van der Waals surface area (Å²) in [5, 5.41) is 2.70. The summed E-state index contributed by atoms with van der Waals surface area (Å²) in [4.78, 5) is 53.4. The van der Waals surface area contributed by atoms with E-state index in [1.165, 1.54) is 0 Å². The van der Waals surface area contributed by atoms with Crippen molar-refractivity contribution in [3.05, 3.63) is 58.5 Å². The Hall–Kier alpha value is -3.62. The topological polar surface area (TPSA) is 101 Å². The fourth-order valence-corrected chi connectivity index (χ4v) is 5.23. The summed E-state index contributed by atoms with van der Waals surface area (Å²) in [5.74, 6) is 0.641. The lowest BCUT2D eigenvalue weighted by molar-refractivity contribution is -0.134. The molecule has 4 amide bonds. The first-order valence-electron chi connectivity index (χ1n) is 11.2. The number of amides is 4. The molecule has 33 heavy (non-hydrogen) atoms. The van der Waals surface area contributed by atoms with Crippen LogP contribution in [0.4, 0.5) is 10.5 Å². The van der Waals surface area contributed by atoms with Crippen molar-refractivity contribution in [2.75, 3.05) is 25.1 Å². The number of likely N-dealkylation sites (tertiary alicyclic amines) is 1. The molecular weight excluding hydrogens is 424 g/mol. The summed E-state index contributed by atoms with van der Waals surface area (Å²) < 4.78 is 6.95. The molecule has 4 heterocycles. The van der Waals surface area contributed by atoms with Crippen LogP contribution in [0.2, 0.25) is 0 Å². The molecule has 3 aliphatic heterocycles. The molecule has 2 fully saturated rings. The first-order valence-corrected chi connectivity index (χ1v) is 11.2. The molecule has 0 unspecified atom stereocenters. The van der Waals surface area contributed by atoms with Crippen molar-refractivity contribution in [1.29, 1.82) is 0 Å². The molecule has 9 heteroatoms. The number of urea groups is 1. The summed E-state index contributed by atoms with van der Waals surface area (Å²) in [5.41, 5.74) is 1.47. The molecule has 2 aromatic rings. The molecule has 3 atom stereocenters. The maximum atomic E-state index is 13.0. The molecule has 3 aliphatic rings. The first-order chi connectivity index (χ1) is 15.9. The number of aromatic nitrogens is 1. The van der Waals surface area contributed by atoms with Crippen molar-refractivity contribution in [2.24, 2.45) is 5.92 Å². The van der Waals surface area contributed by atoms with Gasteiger partial charge in [-0.2, -0.15) is 0 Å². The number of ether oxygens (including phenoxy) is 1. The van der Waals surface area contributed by atoms with Crippen molar-refractivity contribution in [3.63, 3.8) is 0 Å². The normalized spacial score (nSPS) is 23.8. The minimum Gasteiger partial charge on any atom is -0.497 e. The van der Waals surface area contributed by atoms with Crippen LogP contribution in [0.5, 0.6) is 5.75 Å². The van der Waals surface area contributed by atoms with E-state index in [0.717, 1.165) is 17.0 Å². The number of imide groups is 1. The highest BCUT2D eigenvalue weighted by Crippen LogP contribution is 2.35. The number of fused-ring (bicyclic) bond motifs is 4. The number of carbonyl (C=O) groups is 3. The fraction of sp³-hybridized carbons (Fsp3) is 0.417. The van der Waals surface area contributed by atoms with Crippen molar-refractivity contribution >= 4 is 23.5 Å². The number of rotatable bonds is 5. The van der Waals surface area contributed by atoms with Gasteiger partial charge in [0.1, 0.15) is 11.8 Å². The Balaban J connectivity index is 1.21. The van der Waals surface area contributed by atoms with Gasteiger partial charge in [0.15, 0.2) is 0 Å². The number of anilines is 1. The van der Waals surface area contributed by atoms with Gasteiger partial charge in [-0.25, -0.2) is 9.69 Å². The Bertz CT molecular complexity index is 1160. The zero-order valence-corrected chi connectivity index (χ0v) is 18.4.